The Morgan fingerprint density at radius 1 is 1.20 bits per heavy atom. The molecule has 0 aromatic heterocycles. The maximum Gasteiger partial charge on any atom is 0.407 e. The number of benzene rings is 1. The van der Waals surface area contributed by atoms with Crippen LogP contribution in [-0.2, 0) is 16.0 Å². The van der Waals surface area contributed by atoms with Crippen LogP contribution in [0.2, 0.25) is 0 Å². The Labute approximate surface area is 177 Å². The van der Waals surface area contributed by atoms with E-state index in [4.69, 9.17) is 4.74 Å². The molecule has 9 heteroatoms. The molecule has 1 atom stereocenters. The lowest BCUT2D eigenvalue weighted by atomic mass is 9.96. The Morgan fingerprint density at radius 2 is 1.87 bits per heavy atom. The van der Waals surface area contributed by atoms with E-state index >= 15 is 0 Å². The van der Waals surface area contributed by atoms with E-state index in [2.05, 4.69) is 15.5 Å². The molecular weight excluding hydrogens is 388 g/mol. The second-order valence-electron chi connectivity index (χ2n) is 8.53. The second-order valence-corrected chi connectivity index (χ2v) is 8.53. The highest BCUT2D eigenvalue weighted by Crippen LogP contribution is 2.18. The van der Waals surface area contributed by atoms with E-state index in [1.54, 1.807) is 32.9 Å². The molecule has 2 amide bonds. The van der Waals surface area contributed by atoms with Crippen molar-refractivity contribution in [2.45, 2.75) is 45.6 Å². The fourth-order valence-corrected chi connectivity index (χ4v) is 3.35. The fraction of sp³-hybridized carbons (Fsp3) is 0.619. The summed E-state index contributed by atoms with van der Waals surface area (Å²) < 4.78 is 5.15. The molecule has 1 aliphatic rings. The van der Waals surface area contributed by atoms with Crippen LogP contribution in [0.4, 0.5) is 10.5 Å². The van der Waals surface area contributed by atoms with E-state index in [1.165, 1.54) is 12.1 Å². The molecule has 1 heterocycles. The third-order valence-electron chi connectivity index (χ3n) is 4.83. The van der Waals surface area contributed by atoms with Gasteiger partial charge in [-0.05, 0) is 52.1 Å². The number of piperidine rings is 1. The summed E-state index contributed by atoms with van der Waals surface area (Å²) in [4.78, 5) is 36.6. The maximum atomic E-state index is 12.4. The minimum absolute atomic E-state index is 0.000949. The molecule has 1 aromatic carbocycles. The van der Waals surface area contributed by atoms with E-state index in [0.717, 1.165) is 37.9 Å². The molecular formula is C21H32N4O5. The monoisotopic (exact) mass is 420 g/mol. The summed E-state index contributed by atoms with van der Waals surface area (Å²) in [5.41, 5.74) is 0.586. The van der Waals surface area contributed by atoms with Crippen LogP contribution in [0.15, 0.2) is 24.3 Å². The van der Waals surface area contributed by atoms with E-state index in [9.17, 15) is 19.7 Å². The molecule has 0 saturated carbocycles. The summed E-state index contributed by atoms with van der Waals surface area (Å²) >= 11 is 0. The molecule has 1 aromatic rings. The first-order chi connectivity index (χ1) is 14.1. The van der Waals surface area contributed by atoms with Crippen molar-refractivity contribution >= 4 is 17.7 Å². The van der Waals surface area contributed by atoms with Gasteiger partial charge in [-0.3, -0.25) is 14.9 Å². The van der Waals surface area contributed by atoms with Crippen molar-refractivity contribution in [2.24, 2.45) is 5.92 Å². The van der Waals surface area contributed by atoms with Gasteiger partial charge in [0, 0.05) is 38.3 Å². The number of nitrogens with one attached hydrogen (secondary N) is 2. The standard InChI is InChI=1S/C21H32N4O5/c1-21(2,3)30-20(27)23-12-11-22-19(26)17-5-4-13-24(15-17)14-10-16-6-8-18(9-7-16)25(28)29/h6-9,17H,4-5,10-15H2,1-3H3,(H,22,26)(H,23,27). The fourth-order valence-electron chi connectivity index (χ4n) is 3.35. The van der Waals surface area contributed by atoms with Crippen LogP contribution in [0.1, 0.15) is 39.2 Å². The summed E-state index contributed by atoms with van der Waals surface area (Å²) in [6.07, 6.45) is 2.09. The number of nitrogens with zero attached hydrogens (tertiary/aromatic N) is 2. The van der Waals surface area contributed by atoms with Gasteiger partial charge in [0.1, 0.15) is 5.60 Å². The third-order valence-corrected chi connectivity index (χ3v) is 4.83. The van der Waals surface area contributed by atoms with Crippen molar-refractivity contribution in [3.05, 3.63) is 39.9 Å². The van der Waals surface area contributed by atoms with E-state index in [-0.39, 0.29) is 17.5 Å². The topological polar surface area (TPSA) is 114 Å². The van der Waals surface area contributed by atoms with Gasteiger partial charge in [0.2, 0.25) is 5.91 Å². The predicted octanol–water partition coefficient (Wildman–Crippen LogP) is 2.49. The Morgan fingerprint density at radius 3 is 2.50 bits per heavy atom. The molecule has 2 rings (SSSR count). The first kappa shape index (κ1) is 23.6. The highest BCUT2D eigenvalue weighted by atomic mass is 16.6. The number of nitro benzene ring substituents is 1. The predicted molar refractivity (Wildman–Crippen MR) is 113 cm³/mol. The minimum Gasteiger partial charge on any atom is -0.444 e. The van der Waals surface area contributed by atoms with E-state index in [0.29, 0.717) is 19.6 Å². The first-order valence-electron chi connectivity index (χ1n) is 10.3. The molecule has 1 aliphatic heterocycles. The van der Waals surface area contributed by atoms with Gasteiger partial charge in [-0.15, -0.1) is 0 Å². The van der Waals surface area contributed by atoms with Crippen molar-refractivity contribution < 1.29 is 19.2 Å². The van der Waals surface area contributed by atoms with Crippen molar-refractivity contribution in [3.8, 4) is 0 Å². The molecule has 1 saturated heterocycles. The summed E-state index contributed by atoms with van der Waals surface area (Å²) in [5.74, 6) is -0.0711. The quantitative estimate of drug-likeness (QED) is 0.379. The van der Waals surface area contributed by atoms with Crippen molar-refractivity contribution in [2.75, 3.05) is 32.7 Å². The second kappa shape index (κ2) is 10.9. The zero-order valence-electron chi connectivity index (χ0n) is 18.0. The van der Waals surface area contributed by atoms with Crippen LogP contribution in [0.5, 0.6) is 0 Å². The van der Waals surface area contributed by atoms with Gasteiger partial charge in [0.05, 0.1) is 10.8 Å². The van der Waals surface area contributed by atoms with Gasteiger partial charge in [-0.1, -0.05) is 12.1 Å². The Balaban J connectivity index is 1.68. The number of likely N-dealkylation sites (tertiary alicyclic amines) is 1. The van der Waals surface area contributed by atoms with E-state index < -0.39 is 16.6 Å². The average molecular weight is 421 g/mol. The van der Waals surface area contributed by atoms with Crippen molar-refractivity contribution in [1.82, 2.24) is 15.5 Å². The largest absolute Gasteiger partial charge is 0.444 e. The zero-order chi connectivity index (χ0) is 22.1. The van der Waals surface area contributed by atoms with Gasteiger partial charge >= 0.3 is 6.09 Å². The lowest BCUT2D eigenvalue weighted by molar-refractivity contribution is -0.384. The molecule has 9 nitrogen and oxygen atoms in total. The number of hydrogen-bond donors (Lipinski definition) is 2. The van der Waals surface area contributed by atoms with Crippen LogP contribution >= 0.6 is 0 Å². The molecule has 1 fully saturated rings. The van der Waals surface area contributed by atoms with Gasteiger partial charge in [-0.2, -0.15) is 0 Å². The van der Waals surface area contributed by atoms with Crippen LogP contribution in [0.25, 0.3) is 0 Å². The molecule has 30 heavy (non-hydrogen) atoms. The van der Waals surface area contributed by atoms with Crippen molar-refractivity contribution in [3.63, 3.8) is 0 Å². The summed E-state index contributed by atoms with van der Waals surface area (Å²) in [6.45, 7) is 8.51. The minimum atomic E-state index is -0.548. The SMILES string of the molecule is CC(C)(C)OC(=O)NCCNC(=O)C1CCCN(CCc2ccc([N+](=O)[O-])cc2)C1. The average Bonchev–Trinajstić information content (AvgIpc) is 2.68. The highest BCUT2D eigenvalue weighted by Gasteiger charge is 2.25. The number of carbonyl (C=O) groups excluding carboxylic acids is 2. The van der Waals surface area contributed by atoms with Gasteiger partial charge in [0.15, 0.2) is 0 Å². The van der Waals surface area contributed by atoms with Crippen LogP contribution in [-0.4, -0.2) is 60.1 Å². The van der Waals surface area contributed by atoms with E-state index in [1.807, 2.05) is 0 Å². The van der Waals surface area contributed by atoms with Crippen LogP contribution in [0.3, 0.4) is 0 Å². The molecule has 166 valence electrons. The summed E-state index contributed by atoms with van der Waals surface area (Å²) in [7, 11) is 0. The maximum absolute atomic E-state index is 12.4. The van der Waals surface area contributed by atoms with Crippen molar-refractivity contribution in [1.29, 1.82) is 0 Å². The highest BCUT2D eigenvalue weighted by molar-refractivity contribution is 5.79. The molecule has 0 bridgehead atoms. The first-order valence-corrected chi connectivity index (χ1v) is 10.3. The summed E-state index contributed by atoms with van der Waals surface area (Å²) in [6, 6.07) is 6.61. The van der Waals surface area contributed by atoms with Gasteiger partial charge in [0.25, 0.3) is 5.69 Å². The Bertz CT molecular complexity index is 730. The lowest BCUT2D eigenvalue weighted by Crippen LogP contribution is -2.45. The number of carbonyl (C=O) groups is 2. The molecule has 2 N–H and O–H groups in total. The number of hydrogen-bond acceptors (Lipinski definition) is 6. The zero-order valence-corrected chi connectivity index (χ0v) is 18.0. The number of alkyl carbamates (subject to hydrolysis) is 1. The van der Waals surface area contributed by atoms with Crippen LogP contribution in [0, 0.1) is 16.0 Å². The lowest BCUT2D eigenvalue weighted by Gasteiger charge is -2.32. The number of rotatable bonds is 8. The summed E-state index contributed by atoms with van der Waals surface area (Å²) in [5, 5.41) is 16.2. The number of nitro groups is 1. The number of amides is 2. The Hall–Kier alpha value is -2.68. The number of ether oxygens (including phenoxy) is 1. The van der Waals surface area contributed by atoms with Gasteiger partial charge < -0.3 is 20.3 Å². The molecule has 0 aliphatic carbocycles. The Kier molecular flexibility index (Phi) is 8.58. The van der Waals surface area contributed by atoms with Crippen LogP contribution < -0.4 is 10.6 Å². The normalized spacial score (nSPS) is 17.2. The molecule has 1 unspecified atom stereocenters. The van der Waals surface area contributed by atoms with Gasteiger partial charge in [-0.25, -0.2) is 4.79 Å². The third kappa shape index (κ3) is 8.36. The molecule has 0 spiro atoms. The molecule has 0 radical (unpaired) electrons. The smallest absolute Gasteiger partial charge is 0.407 e. The number of non-ortho nitro benzene ring substituents is 1.